The molecule has 0 saturated carbocycles. The highest BCUT2D eigenvalue weighted by Crippen LogP contribution is 1.90. The molecular weight excluding hydrogens is 170 g/mol. The molecule has 1 unspecified atom stereocenters. The summed E-state index contributed by atoms with van der Waals surface area (Å²) in [5.41, 5.74) is 0. The van der Waals surface area contributed by atoms with Crippen LogP contribution in [0.15, 0.2) is 0 Å². The van der Waals surface area contributed by atoms with Gasteiger partial charge < -0.3 is 14.8 Å². The maximum absolute atomic E-state index is 10.9. The van der Waals surface area contributed by atoms with E-state index < -0.39 is 0 Å². The van der Waals surface area contributed by atoms with E-state index in [9.17, 15) is 4.79 Å². The third-order valence-corrected chi connectivity index (χ3v) is 1.70. The SMILES string of the molecule is CCOC(=O)CNC(CC)COC. The predicted octanol–water partition coefficient (Wildman–Crippen LogP) is 0.564. The summed E-state index contributed by atoms with van der Waals surface area (Å²) in [7, 11) is 1.65. The van der Waals surface area contributed by atoms with E-state index in [-0.39, 0.29) is 18.6 Å². The van der Waals surface area contributed by atoms with E-state index in [2.05, 4.69) is 5.32 Å². The van der Waals surface area contributed by atoms with E-state index in [1.807, 2.05) is 6.92 Å². The second kappa shape index (κ2) is 8.01. The number of nitrogens with one attached hydrogen (secondary N) is 1. The van der Waals surface area contributed by atoms with Gasteiger partial charge in [-0.3, -0.25) is 4.79 Å². The van der Waals surface area contributed by atoms with Crippen LogP contribution in [-0.2, 0) is 14.3 Å². The fourth-order valence-corrected chi connectivity index (χ4v) is 0.962. The Kier molecular flexibility index (Phi) is 7.63. The number of rotatable bonds is 7. The van der Waals surface area contributed by atoms with E-state index >= 15 is 0 Å². The molecule has 13 heavy (non-hydrogen) atoms. The second-order valence-electron chi connectivity index (χ2n) is 2.75. The van der Waals surface area contributed by atoms with E-state index in [1.54, 1.807) is 14.0 Å². The second-order valence-corrected chi connectivity index (χ2v) is 2.75. The molecule has 0 fully saturated rings. The van der Waals surface area contributed by atoms with Crippen LogP contribution in [0.1, 0.15) is 20.3 Å². The molecule has 0 spiro atoms. The smallest absolute Gasteiger partial charge is 0.319 e. The molecule has 0 aromatic rings. The van der Waals surface area contributed by atoms with Crippen molar-refractivity contribution in [1.82, 2.24) is 5.32 Å². The van der Waals surface area contributed by atoms with Gasteiger partial charge >= 0.3 is 5.97 Å². The van der Waals surface area contributed by atoms with Gasteiger partial charge in [0.1, 0.15) is 0 Å². The summed E-state index contributed by atoms with van der Waals surface area (Å²) in [6.07, 6.45) is 0.938. The van der Waals surface area contributed by atoms with Crippen LogP contribution in [-0.4, -0.2) is 38.9 Å². The molecule has 0 saturated heterocycles. The number of hydrogen-bond donors (Lipinski definition) is 1. The molecule has 0 bridgehead atoms. The molecule has 0 aromatic carbocycles. The molecule has 0 amide bonds. The van der Waals surface area contributed by atoms with Crippen molar-refractivity contribution >= 4 is 5.97 Å². The molecular formula is C9H19NO3. The van der Waals surface area contributed by atoms with Gasteiger partial charge in [0.2, 0.25) is 0 Å². The standard InChI is InChI=1S/C9H19NO3/c1-4-8(7-12-3)10-6-9(11)13-5-2/h8,10H,4-7H2,1-3H3. The number of esters is 1. The van der Waals surface area contributed by atoms with Crippen LogP contribution in [0.5, 0.6) is 0 Å². The topological polar surface area (TPSA) is 47.6 Å². The highest BCUT2D eigenvalue weighted by atomic mass is 16.5. The first kappa shape index (κ1) is 12.4. The lowest BCUT2D eigenvalue weighted by atomic mass is 10.2. The molecule has 0 aliphatic heterocycles. The van der Waals surface area contributed by atoms with Crippen molar-refractivity contribution in [2.45, 2.75) is 26.3 Å². The molecule has 1 atom stereocenters. The molecule has 0 heterocycles. The Hall–Kier alpha value is -0.610. The zero-order valence-corrected chi connectivity index (χ0v) is 8.63. The van der Waals surface area contributed by atoms with Crippen molar-refractivity contribution in [3.8, 4) is 0 Å². The first-order valence-corrected chi connectivity index (χ1v) is 4.62. The van der Waals surface area contributed by atoms with E-state index in [0.717, 1.165) is 6.42 Å². The summed E-state index contributed by atoms with van der Waals surface area (Å²) < 4.78 is 9.75. The van der Waals surface area contributed by atoms with Gasteiger partial charge in [-0.1, -0.05) is 6.92 Å². The lowest BCUT2D eigenvalue weighted by molar-refractivity contribution is -0.142. The molecule has 0 aromatic heterocycles. The Morgan fingerprint density at radius 2 is 2.15 bits per heavy atom. The molecule has 0 aliphatic rings. The van der Waals surface area contributed by atoms with Crippen molar-refractivity contribution < 1.29 is 14.3 Å². The molecule has 0 rings (SSSR count). The molecule has 1 N–H and O–H groups in total. The number of ether oxygens (including phenoxy) is 2. The fourth-order valence-electron chi connectivity index (χ4n) is 0.962. The summed E-state index contributed by atoms with van der Waals surface area (Å²) in [5.74, 6) is -0.211. The zero-order valence-electron chi connectivity index (χ0n) is 8.63. The normalized spacial score (nSPS) is 12.5. The average molecular weight is 189 g/mol. The van der Waals surface area contributed by atoms with Crippen molar-refractivity contribution in [1.29, 1.82) is 0 Å². The molecule has 0 aliphatic carbocycles. The minimum Gasteiger partial charge on any atom is -0.465 e. The van der Waals surface area contributed by atoms with Gasteiger partial charge in [0.05, 0.1) is 19.8 Å². The number of hydrogen-bond acceptors (Lipinski definition) is 4. The van der Waals surface area contributed by atoms with Gasteiger partial charge in [0, 0.05) is 13.2 Å². The van der Waals surface area contributed by atoms with Gasteiger partial charge in [-0.15, -0.1) is 0 Å². The van der Waals surface area contributed by atoms with Gasteiger partial charge in [0.25, 0.3) is 0 Å². The van der Waals surface area contributed by atoms with Gasteiger partial charge in [-0.2, -0.15) is 0 Å². The van der Waals surface area contributed by atoms with Gasteiger partial charge in [-0.05, 0) is 13.3 Å². The zero-order chi connectivity index (χ0) is 10.1. The predicted molar refractivity (Wildman–Crippen MR) is 50.6 cm³/mol. The highest BCUT2D eigenvalue weighted by molar-refractivity contribution is 5.71. The first-order chi connectivity index (χ1) is 6.24. The molecule has 4 nitrogen and oxygen atoms in total. The Morgan fingerprint density at radius 1 is 1.46 bits per heavy atom. The van der Waals surface area contributed by atoms with E-state index in [4.69, 9.17) is 9.47 Å². The maximum atomic E-state index is 10.9. The number of methoxy groups -OCH3 is 1. The summed E-state index contributed by atoms with van der Waals surface area (Å²) in [5, 5.41) is 3.06. The summed E-state index contributed by atoms with van der Waals surface area (Å²) in [6, 6.07) is 0.231. The van der Waals surface area contributed by atoms with Gasteiger partial charge in [-0.25, -0.2) is 0 Å². The van der Waals surface area contributed by atoms with Crippen molar-refractivity contribution in [2.24, 2.45) is 0 Å². The van der Waals surface area contributed by atoms with Crippen molar-refractivity contribution in [2.75, 3.05) is 26.9 Å². The molecule has 78 valence electrons. The Labute approximate surface area is 79.6 Å². The van der Waals surface area contributed by atoms with E-state index in [1.165, 1.54) is 0 Å². The Balaban J connectivity index is 3.52. The largest absolute Gasteiger partial charge is 0.465 e. The molecule has 0 radical (unpaired) electrons. The summed E-state index contributed by atoms with van der Waals surface area (Å²) >= 11 is 0. The quantitative estimate of drug-likeness (QED) is 0.595. The van der Waals surface area contributed by atoms with Crippen LogP contribution in [0.4, 0.5) is 0 Å². The lowest BCUT2D eigenvalue weighted by Crippen LogP contribution is -2.37. The third-order valence-electron chi connectivity index (χ3n) is 1.70. The van der Waals surface area contributed by atoms with E-state index in [0.29, 0.717) is 13.2 Å². The fraction of sp³-hybridized carbons (Fsp3) is 0.889. The van der Waals surface area contributed by atoms with Crippen molar-refractivity contribution in [3.63, 3.8) is 0 Å². The maximum Gasteiger partial charge on any atom is 0.319 e. The van der Waals surface area contributed by atoms with Crippen LogP contribution in [0.3, 0.4) is 0 Å². The van der Waals surface area contributed by atoms with Crippen LogP contribution in [0, 0.1) is 0 Å². The monoisotopic (exact) mass is 189 g/mol. The number of carbonyl (C=O) groups is 1. The minimum absolute atomic E-state index is 0.211. The summed E-state index contributed by atoms with van der Waals surface area (Å²) in [6.45, 7) is 5.15. The van der Waals surface area contributed by atoms with Gasteiger partial charge in [0.15, 0.2) is 0 Å². The van der Waals surface area contributed by atoms with Crippen molar-refractivity contribution in [3.05, 3.63) is 0 Å². The number of carbonyl (C=O) groups excluding carboxylic acids is 1. The first-order valence-electron chi connectivity index (χ1n) is 4.62. The van der Waals surface area contributed by atoms with Crippen LogP contribution < -0.4 is 5.32 Å². The van der Waals surface area contributed by atoms with Crippen LogP contribution >= 0.6 is 0 Å². The van der Waals surface area contributed by atoms with Crippen LogP contribution in [0.25, 0.3) is 0 Å². The summed E-state index contributed by atoms with van der Waals surface area (Å²) in [4.78, 5) is 10.9. The highest BCUT2D eigenvalue weighted by Gasteiger charge is 2.07. The average Bonchev–Trinajstić information content (AvgIpc) is 2.12. The third kappa shape index (κ3) is 6.54. The minimum atomic E-state index is -0.211. The van der Waals surface area contributed by atoms with Crippen LogP contribution in [0.2, 0.25) is 0 Å². The lowest BCUT2D eigenvalue weighted by Gasteiger charge is -2.14. The Bertz CT molecular complexity index is 139. The Morgan fingerprint density at radius 3 is 2.62 bits per heavy atom. The molecule has 4 heteroatoms.